The molecule has 3 aliphatic carbocycles. The Hall–Kier alpha value is -6.58. The zero-order valence-corrected chi connectivity index (χ0v) is 89.8. The van der Waals surface area contributed by atoms with Crippen molar-refractivity contribution in [2.75, 3.05) is 85.7 Å². The molecule has 28 heteroatoms. The molecule has 6 saturated heterocycles. The molecule has 0 aromatic heterocycles. The Labute approximate surface area is 828 Å². The molecular weight excluding hydrogens is 1800 g/mol. The van der Waals surface area contributed by atoms with E-state index in [0.717, 1.165) is 135 Å². The summed E-state index contributed by atoms with van der Waals surface area (Å²) in [7, 11) is -9.31. The minimum absolute atomic E-state index is 0. The van der Waals surface area contributed by atoms with E-state index in [-0.39, 0.29) is 138 Å². The van der Waals surface area contributed by atoms with Crippen LogP contribution in [-0.2, 0) is 81.6 Å². The molecule has 14 heterocycles. The number of benzene rings is 6. The van der Waals surface area contributed by atoms with E-state index in [4.69, 9.17) is 14.2 Å². The Morgan fingerprint density at radius 3 is 1.26 bits per heavy atom. The maximum atomic E-state index is 14.9. The van der Waals surface area contributed by atoms with Crippen LogP contribution in [0.3, 0.4) is 0 Å². The molecule has 14 aliphatic heterocycles. The number of hydrogen-bond acceptors (Lipinski definition) is 17. The van der Waals surface area contributed by atoms with Gasteiger partial charge < -0.3 is 38.9 Å². The van der Waals surface area contributed by atoms with Crippen LogP contribution in [0.5, 0.6) is 0 Å². The van der Waals surface area contributed by atoms with Gasteiger partial charge in [0.2, 0.25) is 36.0 Å². The molecule has 23 rings (SSSR count). The van der Waals surface area contributed by atoms with E-state index in [1.54, 1.807) is 26.8 Å². The number of ether oxygens (including phenoxy) is 3. The van der Waals surface area contributed by atoms with E-state index in [1.807, 2.05) is 68.4 Å². The van der Waals surface area contributed by atoms with E-state index in [0.29, 0.717) is 18.6 Å². The van der Waals surface area contributed by atoms with Crippen LogP contribution in [0.25, 0.3) is 0 Å². The van der Waals surface area contributed by atoms with Gasteiger partial charge in [0.05, 0.1) is 98.4 Å². The van der Waals surface area contributed by atoms with Crippen molar-refractivity contribution in [1.82, 2.24) is 14.7 Å². The molecule has 2 saturated carbocycles. The maximum Gasteiger partial charge on any atom is 1.00 e. The first-order valence-electron chi connectivity index (χ1n) is 50.1. The molecule has 2 unspecified atom stereocenters. The third-order valence-electron chi connectivity index (χ3n) is 35.2. The van der Waals surface area contributed by atoms with Gasteiger partial charge in [-0.15, -0.1) is 5.60 Å². The summed E-state index contributed by atoms with van der Waals surface area (Å²) in [5.74, 6) is 0.813. The molecule has 0 N–H and O–H groups in total. The number of nitriles is 1. The number of carbonyl (C=O) groups excluding carboxylic acids is 1. The monoisotopic (exact) mass is 1950 g/mol. The van der Waals surface area contributed by atoms with Gasteiger partial charge in [-0.05, 0) is 211 Å². The van der Waals surface area contributed by atoms with Crippen molar-refractivity contribution < 1.29 is 68.2 Å². The van der Waals surface area contributed by atoms with Gasteiger partial charge in [0, 0.05) is 122 Å². The summed E-state index contributed by atoms with van der Waals surface area (Å²) >= 11 is 0. The third-order valence-corrected chi connectivity index (χ3v) is 46.8. The molecule has 4 bridgehead atoms. The second kappa shape index (κ2) is 33.2. The number of anilines is 6. The van der Waals surface area contributed by atoms with Crippen LogP contribution in [0.1, 0.15) is 222 Å². The largest absolute Gasteiger partial charge is 1.00 e. The van der Waals surface area contributed by atoms with E-state index < -0.39 is 87.7 Å². The number of rotatable bonds is 18. The standard InChI is InChI=1S/C37H48N4O4SSi.C34H45N3O3SSi.C32H43N3O3SSi.C4H9O.CH4.Li/c1-8-9-10-18-29(42)39-21-19-36-26-15-11-12-16-27(26)41(46(43,44)23-24-47(5,6)7)33-37(36)20-22-40(34(36)39)31(32-35(2,3)45-32)25-14-13-17-28(30(25)37)38(33)4;1-32(2)31(40-32)24-13-10-19-34(29(22-35)36(3)27-16-9-12-23(24)30(27)34)33-18-11-17-28(33)37(26-15-8-7-14-25(26)33)41(38,39)20-21-42(4,5)6;1-30(2)28(38-30)27-21-11-9-14-24-26(21)32-17-18-34(27)25-15-10-16-31(25,32)22-12-7-8-13-23(22)35(29(32)33(24)3)39(36,37)19-20-40(4,5)6;1-4(2,3)5;;/h8-18,31-34H,19-24H2,1-7H3;7-9,12,14-16,24,28-29,31H,10-11,13,17-21H2,1-6H3;7-9,11-14,25,27-29H,10,15-20H2,1-6H3;1-3H3;1H4;/q;;;-1;;+1/b9-8+,18-10+;;;;;/t31-,32+,33-,34+,36-,37-;24-,28+,29+,31+,33-,34+;25-,27-,28+,29-,31-,32-;;;/m000.../s1. The van der Waals surface area contributed by atoms with Gasteiger partial charge in [-0.3, -0.25) is 18.9 Å². The van der Waals surface area contributed by atoms with Gasteiger partial charge in [0.1, 0.15) is 30.6 Å². The van der Waals surface area contributed by atoms with Crippen LogP contribution in [-0.4, -0.2) is 205 Å². The number of nitrogens with zero attached hydrogens (tertiary/aromatic N) is 10. The summed E-state index contributed by atoms with van der Waals surface area (Å²) in [4.78, 5) is 28.6. The number of carbonyl (C=O) groups is 1. The number of allylic oxidation sites excluding steroid dienone is 3. The number of para-hydroxylation sites is 3. The molecule has 728 valence electrons. The summed E-state index contributed by atoms with van der Waals surface area (Å²) in [6.07, 6.45) is 18.2. The third kappa shape index (κ3) is 14.4. The van der Waals surface area contributed by atoms with Crippen molar-refractivity contribution in [3.63, 3.8) is 0 Å². The van der Waals surface area contributed by atoms with Gasteiger partial charge in [-0.2, -0.15) is 5.26 Å². The van der Waals surface area contributed by atoms with Crippen LogP contribution >= 0.6 is 0 Å². The van der Waals surface area contributed by atoms with Gasteiger partial charge in [-0.25, -0.2) is 33.9 Å². The average Bonchev–Trinajstić information content (AvgIpc) is 1.46. The predicted molar refractivity (Wildman–Crippen MR) is 552 cm³/mol. The first-order valence-corrected chi connectivity index (χ1v) is 66.0. The Bertz CT molecular complexity index is 6240. The Morgan fingerprint density at radius 1 is 0.456 bits per heavy atom. The van der Waals surface area contributed by atoms with E-state index in [9.17, 15) is 40.4 Å². The van der Waals surface area contributed by atoms with Crippen molar-refractivity contribution in [2.45, 2.75) is 359 Å². The Kier molecular flexibility index (Phi) is 24.3. The average molecular weight is 1950 g/mol. The van der Waals surface area contributed by atoms with Gasteiger partial charge in [-0.1, -0.05) is 216 Å². The first kappa shape index (κ1) is 99.6. The SMILES string of the molecule is C.C/C=C/C=C/C(=O)N1CC[C@@]23c4ccccc4N(S(=O)(=O)CC[Si](C)(C)C)[C@@H]4N(C)c5cccc6c5[C@@]42CCN([C@@H]13)[C@@H]6[C@H]1OC1(C)C.CC(C)(C)[O-].CN1c2cccc3c2[C@@]([C@]24CCC[C@H]2N(S(=O)(=O)CC[Si](C)(C)C)c2ccccc24)(CCC[C@@H]3[C@H]2OC2(C)C)[C@H]1C#N.CN1c2cccc3c2[C@]24CCN([C@H]5CCC[C@]52c2ccccc2N(S(=O)(=O)CC[Si](C)(C)C)[C@H]14)[C@@H]3[C@H]1OC1(C)C.[Li+]. The van der Waals surface area contributed by atoms with Crippen molar-refractivity contribution >= 4 is 94.3 Å². The van der Waals surface area contributed by atoms with E-state index in [2.05, 4.69) is 254 Å². The predicted octanol–water partition coefficient (Wildman–Crippen LogP) is 15.8. The summed E-state index contributed by atoms with van der Waals surface area (Å²) in [5, 5.41) is 21.1. The molecule has 6 aromatic carbocycles. The quantitative estimate of drug-likeness (QED) is 0.0337. The molecule has 8 fully saturated rings. The van der Waals surface area contributed by atoms with Crippen molar-refractivity contribution in [1.29, 1.82) is 5.26 Å². The number of sulfonamides is 3. The number of hydrogen-bond donors (Lipinski definition) is 0. The van der Waals surface area contributed by atoms with Gasteiger partial charge in [0.25, 0.3) is 0 Å². The minimum atomic E-state index is -3.71. The molecule has 0 radical (unpaired) electrons. The molecule has 6 aromatic rings. The van der Waals surface area contributed by atoms with Crippen molar-refractivity contribution in [2.24, 2.45) is 0 Å². The Morgan fingerprint density at radius 2 is 0.816 bits per heavy atom. The molecular formula is C108H149LiN10O11S3Si3. The van der Waals surface area contributed by atoms with Crippen LogP contribution in [0.2, 0.25) is 77.1 Å². The number of likely N-dealkylation sites (tertiary alicyclic amines) is 1. The summed E-state index contributed by atoms with van der Waals surface area (Å²) in [6.45, 7) is 42.6. The molecule has 136 heavy (non-hydrogen) atoms. The smallest absolute Gasteiger partial charge is 0.850 e. The summed E-state index contributed by atoms with van der Waals surface area (Å²) in [6, 6.07) is 50.1. The maximum absolute atomic E-state index is 14.9. The fourth-order valence-electron chi connectivity index (χ4n) is 30.1. The van der Waals surface area contributed by atoms with Crippen molar-refractivity contribution in [3.8, 4) is 6.07 Å². The van der Waals surface area contributed by atoms with Crippen LogP contribution < -0.4 is 51.6 Å². The summed E-state index contributed by atoms with van der Waals surface area (Å²) in [5.41, 5.74) is 13.6. The number of epoxide rings is 3. The zero-order chi connectivity index (χ0) is 95.7. The number of piperidine rings is 2. The van der Waals surface area contributed by atoms with E-state index >= 15 is 0 Å². The van der Waals surface area contributed by atoms with Gasteiger partial charge in [0.15, 0.2) is 0 Å². The number of amides is 1. The van der Waals surface area contributed by atoms with Crippen molar-refractivity contribution in [3.05, 3.63) is 202 Å². The summed E-state index contributed by atoms with van der Waals surface area (Å²) < 4.78 is 113. The molecule has 1 amide bonds. The van der Waals surface area contributed by atoms with Gasteiger partial charge >= 0.3 is 18.9 Å². The number of likely N-dealkylation sites (N-methyl/N-ethyl adjacent to an activating group) is 3. The minimum Gasteiger partial charge on any atom is -0.850 e. The molecule has 4 spiro atoms. The second-order valence-corrected chi connectivity index (χ2v) is 71.5. The first-order chi connectivity index (χ1) is 62.9. The van der Waals surface area contributed by atoms with Crippen LogP contribution in [0, 0.1) is 11.3 Å². The fourth-order valence-corrected chi connectivity index (χ4v) is 44.4. The molecule has 20 atom stereocenters. The topological polar surface area (TPSA) is 233 Å². The number of fused-ring (bicyclic) bond motifs is 6. The zero-order valence-electron chi connectivity index (χ0n) is 84.4. The Balaban J connectivity index is 0.000000132. The normalized spacial score (nSPS) is 34.2. The molecule has 21 nitrogen and oxygen atoms in total. The molecule has 17 aliphatic rings. The van der Waals surface area contributed by atoms with Crippen LogP contribution in [0.15, 0.2) is 152 Å². The van der Waals surface area contributed by atoms with E-state index in [1.165, 1.54) is 51.1 Å². The second-order valence-electron chi connectivity index (χ2n) is 48.7. The fraction of sp³-hybridized carbons (Fsp3) is 0.611. The van der Waals surface area contributed by atoms with Crippen LogP contribution in [0.4, 0.5) is 34.1 Å².